The summed E-state index contributed by atoms with van der Waals surface area (Å²) in [6.45, 7) is 5.34. The molecule has 0 radical (unpaired) electrons. The van der Waals surface area contributed by atoms with Crippen LogP contribution in [0.15, 0.2) is 6.20 Å². The molecular formula is C13H18N6O2. The second kappa shape index (κ2) is 6.85. The molecule has 112 valence electrons. The van der Waals surface area contributed by atoms with Crippen LogP contribution in [0.5, 0.6) is 0 Å². The number of carbonyl (C=O) groups is 1. The Morgan fingerprint density at radius 3 is 2.76 bits per heavy atom. The highest BCUT2D eigenvalue weighted by atomic mass is 16.5. The van der Waals surface area contributed by atoms with Crippen molar-refractivity contribution < 1.29 is 9.53 Å². The number of hydrogen-bond donors (Lipinski definition) is 1. The Morgan fingerprint density at radius 2 is 2.19 bits per heavy atom. The average molecular weight is 290 g/mol. The third-order valence-electron chi connectivity index (χ3n) is 3.24. The normalized spacial score (nSPS) is 15.5. The lowest BCUT2D eigenvalue weighted by molar-refractivity contribution is -0.144. The quantitative estimate of drug-likeness (QED) is 0.747. The maximum atomic E-state index is 11.4. The predicted octanol–water partition coefficient (Wildman–Crippen LogP) is -0.384. The number of piperazine rings is 1. The highest BCUT2D eigenvalue weighted by Gasteiger charge is 2.21. The van der Waals surface area contributed by atoms with Crippen molar-refractivity contribution in [2.75, 3.05) is 50.0 Å². The van der Waals surface area contributed by atoms with Gasteiger partial charge in [0, 0.05) is 26.2 Å². The summed E-state index contributed by atoms with van der Waals surface area (Å²) < 4.78 is 4.93. The third kappa shape index (κ3) is 3.79. The number of aromatic nitrogens is 2. The number of carbonyl (C=O) groups excluding carboxylic acids is 1. The zero-order chi connectivity index (χ0) is 15.2. The van der Waals surface area contributed by atoms with Gasteiger partial charge in [-0.25, -0.2) is 4.98 Å². The van der Waals surface area contributed by atoms with E-state index in [0.717, 1.165) is 13.1 Å². The SMILES string of the molecule is CCOC(=O)CN1CCN(c2ncc(C#N)c(N)n2)CC1. The van der Waals surface area contributed by atoms with Gasteiger partial charge in [0.15, 0.2) is 0 Å². The van der Waals surface area contributed by atoms with Gasteiger partial charge in [0.1, 0.15) is 17.5 Å². The Bertz CT molecular complexity index is 548. The summed E-state index contributed by atoms with van der Waals surface area (Å²) in [5.74, 6) is 0.503. The molecule has 2 N–H and O–H groups in total. The maximum Gasteiger partial charge on any atom is 0.320 e. The van der Waals surface area contributed by atoms with Crippen LogP contribution in [0.2, 0.25) is 0 Å². The number of nitrogens with zero attached hydrogens (tertiary/aromatic N) is 5. The standard InChI is InChI=1S/C13H18N6O2/c1-2-21-11(20)9-18-3-5-19(6-4-18)13-16-8-10(7-14)12(15)17-13/h8H,2-6,9H2,1H3,(H2,15,16,17). The van der Waals surface area contributed by atoms with Gasteiger partial charge in [-0.3, -0.25) is 9.69 Å². The van der Waals surface area contributed by atoms with E-state index in [1.54, 1.807) is 6.92 Å². The molecule has 1 aromatic rings. The molecule has 1 aliphatic heterocycles. The van der Waals surface area contributed by atoms with Crippen LogP contribution < -0.4 is 10.6 Å². The van der Waals surface area contributed by atoms with Gasteiger partial charge in [-0.15, -0.1) is 0 Å². The molecule has 1 aliphatic rings. The molecule has 0 saturated carbocycles. The van der Waals surface area contributed by atoms with Crippen LogP contribution >= 0.6 is 0 Å². The summed E-state index contributed by atoms with van der Waals surface area (Å²) in [6, 6.07) is 1.94. The lowest BCUT2D eigenvalue weighted by atomic mass is 10.3. The fourth-order valence-electron chi connectivity index (χ4n) is 2.12. The molecule has 8 nitrogen and oxygen atoms in total. The summed E-state index contributed by atoms with van der Waals surface area (Å²) in [6.07, 6.45) is 1.43. The zero-order valence-electron chi connectivity index (χ0n) is 11.9. The molecule has 2 heterocycles. The van der Waals surface area contributed by atoms with Crippen molar-refractivity contribution in [1.29, 1.82) is 5.26 Å². The van der Waals surface area contributed by atoms with Crippen molar-refractivity contribution in [2.45, 2.75) is 6.92 Å². The Labute approximate surface area is 123 Å². The molecule has 0 unspecified atom stereocenters. The van der Waals surface area contributed by atoms with Gasteiger partial charge < -0.3 is 15.4 Å². The number of rotatable bonds is 4. The van der Waals surface area contributed by atoms with E-state index in [1.165, 1.54) is 6.20 Å². The Kier molecular flexibility index (Phi) is 4.90. The van der Waals surface area contributed by atoms with Crippen LogP contribution in [-0.2, 0) is 9.53 Å². The van der Waals surface area contributed by atoms with Gasteiger partial charge in [-0.2, -0.15) is 10.2 Å². The van der Waals surface area contributed by atoms with Crippen molar-refractivity contribution in [3.63, 3.8) is 0 Å². The lowest BCUT2D eigenvalue weighted by Gasteiger charge is -2.34. The van der Waals surface area contributed by atoms with Gasteiger partial charge in [0.05, 0.1) is 19.3 Å². The molecule has 0 amide bonds. The first-order valence-electron chi connectivity index (χ1n) is 6.79. The van der Waals surface area contributed by atoms with Crippen molar-refractivity contribution >= 4 is 17.7 Å². The highest BCUT2D eigenvalue weighted by Crippen LogP contribution is 2.14. The minimum absolute atomic E-state index is 0.191. The first-order valence-corrected chi connectivity index (χ1v) is 6.79. The molecule has 1 saturated heterocycles. The van der Waals surface area contributed by atoms with E-state index >= 15 is 0 Å². The number of anilines is 2. The van der Waals surface area contributed by atoms with E-state index in [-0.39, 0.29) is 17.4 Å². The van der Waals surface area contributed by atoms with Crippen LogP contribution in [0.25, 0.3) is 0 Å². The summed E-state index contributed by atoms with van der Waals surface area (Å²) in [5.41, 5.74) is 5.97. The smallest absolute Gasteiger partial charge is 0.320 e. The minimum Gasteiger partial charge on any atom is -0.465 e. The highest BCUT2D eigenvalue weighted by molar-refractivity contribution is 5.71. The Balaban J connectivity index is 1.91. The van der Waals surface area contributed by atoms with E-state index in [9.17, 15) is 4.79 Å². The van der Waals surface area contributed by atoms with Gasteiger partial charge in [-0.1, -0.05) is 0 Å². The summed E-state index contributed by atoms with van der Waals surface area (Å²) in [5, 5.41) is 8.81. The molecule has 21 heavy (non-hydrogen) atoms. The number of esters is 1. The lowest BCUT2D eigenvalue weighted by Crippen LogP contribution is -2.48. The van der Waals surface area contributed by atoms with Gasteiger partial charge in [0.25, 0.3) is 0 Å². The van der Waals surface area contributed by atoms with Gasteiger partial charge in [-0.05, 0) is 6.92 Å². The molecule has 0 aliphatic carbocycles. The molecule has 1 fully saturated rings. The molecule has 1 aromatic heterocycles. The van der Waals surface area contributed by atoms with Crippen LogP contribution in [0, 0.1) is 11.3 Å². The molecular weight excluding hydrogens is 272 g/mol. The number of nitrogens with two attached hydrogens (primary N) is 1. The van der Waals surface area contributed by atoms with E-state index in [1.807, 2.05) is 15.9 Å². The first kappa shape index (κ1) is 15.0. The topological polar surface area (TPSA) is 108 Å². The second-order valence-corrected chi connectivity index (χ2v) is 4.65. The van der Waals surface area contributed by atoms with Crippen LogP contribution in [0.4, 0.5) is 11.8 Å². The van der Waals surface area contributed by atoms with Crippen LogP contribution in [0.1, 0.15) is 12.5 Å². The minimum atomic E-state index is -0.204. The summed E-state index contributed by atoms with van der Waals surface area (Å²) in [4.78, 5) is 23.7. The van der Waals surface area contributed by atoms with E-state index < -0.39 is 0 Å². The van der Waals surface area contributed by atoms with Gasteiger partial charge >= 0.3 is 5.97 Å². The largest absolute Gasteiger partial charge is 0.465 e. The fourth-order valence-corrected chi connectivity index (χ4v) is 2.12. The molecule has 0 atom stereocenters. The van der Waals surface area contributed by atoms with Crippen LogP contribution in [0.3, 0.4) is 0 Å². The van der Waals surface area contributed by atoms with Crippen LogP contribution in [-0.4, -0.2) is 60.2 Å². The van der Waals surface area contributed by atoms with Crippen molar-refractivity contribution in [3.05, 3.63) is 11.8 Å². The molecule has 0 bridgehead atoms. The number of ether oxygens (including phenoxy) is 1. The Hall–Kier alpha value is -2.40. The number of nitriles is 1. The maximum absolute atomic E-state index is 11.4. The third-order valence-corrected chi connectivity index (χ3v) is 3.24. The van der Waals surface area contributed by atoms with E-state index in [2.05, 4.69) is 9.97 Å². The average Bonchev–Trinajstić information content (AvgIpc) is 2.48. The van der Waals surface area contributed by atoms with Crippen molar-refractivity contribution in [1.82, 2.24) is 14.9 Å². The summed E-state index contributed by atoms with van der Waals surface area (Å²) in [7, 11) is 0. The molecule has 0 spiro atoms. The molecule has 2 rings (SSSR count). The number of hydrogen-bond acceptors (Lipinski definition) is 8. The molecule has 0 aromatic carbocycles. The molecule has 8 heteroatoms. The monoisotopic (exact) mass is 290 g/mol. The van der Waals surface area contributed by atoms with E-state index in [4.69, 9.17) is 15.7 Å². The number of nitrogen functional groups attached to an aromatic ring is 1. The van der Waals surface area contributed by atoms with E-state index in [0.29, 0.717) is 32.2 Å². The van der Waals surface area contributed by atoms with Crippen molar-refractivity contribution in [2.24, 2.45) is 0 Å². The zero-order valence-corrected chi connectivity index (χ0v) is 11.9. The summed E-state index contributed by atoms with van der Waals surface area (Å²) >= 11 is 0. The predicted molar refractivity (Wildman–Crippen MR) is 76.4 cm³/mol. The first-order chi connectivity index (χ1) is 10.1. The second-order valence-electron chi connectivity index (χ2n) is 4.65. The van der Waals surface area contributed by atoms with Gasteiger partial charge in [0.2, 0.25) is 5.95 Å². The Morgan fingerprint density at radius 1 is 1.48 bits per heavy atom. The fraction of sp³-hybridized carbons (Fsp3) is 0.538. The van der Waals surface area contributed by atoms with Crippen molar-refractivity contribution in [3.8, 4) is 6.07 Å².